The highest BCUT2D eigenvalue weighted by atomic mass is 16.2. The average Bonchev–Trinajstić information content (AvgIpc) is 3.21. The van der Waals surface area contributed by atoms with E-state index in [4.69, 9.17) is 0 Å². The van der Waals surface area contributed by atoms with Crippen LogP contribution >= 0.6 is 0 Å². The fraction of sp³-hybridized carbons (Fsp3) is 0.455. The molecule has 1 aromatic carbocycles. The van der Waals surface area contributed by atoms with Gasteiger partial charge in [0.05, 0.1) is 22.7 Å². The average molecular weight is 393 g/mol. The number of carbonyl (C=O) groups excluding carboxylic acids is 2. The molecule has 0 radical (unpaired) electrons. The Morgan fingerprint density at radius 2 is 2.10 bits per heavy atom. The first kappa shape index (κ1) is 19.4. The normalized spacial score (nSPS) is 22.7. The summed E-state index contributed by atoms with van der Waals surface area (Å²) in [7, 11) is 3.74. The second-order valence-electron chi connectivity index (χ2n) is 8.09. The monoisotopic (exact) mass is 393 g/mol. The summed E-state index contributed by atoms with van der Waals surface area (Å²) in [5, 5.41) is 3.04. The van der Waals surface area contributed by atoms with Gasteiger partial charge in [0.15, 0.2) is 0 Å². The molecule has 29 heavy (non-hydrogen) atoms. The van der Waals surface area contributed by atoms with Crippen LogP contribution in [0.3, 0.4) is 0 Å². The van der Waals surface area contributed by atoms with Crippen LogP contribution in [-0.4, -0.2) is 53.4 Å². The van der Waals surface area contributed by atoms with Gasteiger partial charge in [-0.05, 0) is 31.4 Å². The van der Waals surface area contributed by atoms with Crippen molar-refractivity contribution in [3.8, 4) is 0 Å². The SMILES string of the molecule is CCC[C@@H]1N(C(=O)c2cnc(N(C)C)nc2C)CC[C@@]12C(=O)Nc1ccccc12. The molecule has 0 bridgehead atoms. The van der Waals surface area contributed by atoms with Crippen LogP contribution in [0.25, 0.3) is 0 Å². The summed E-state index contributed by atoms with van der Waals surface area (Å²) in [4.78, 5) is 39.1. The molecule has 0 aliphatic carbocycles. The van der Waals surface area contributed by atoms with Crippen molar-refractivity contribution < 1.29 is 9.59 Å². The van der Waals surface area contributed by atoms with E-state index in [2.05, 4.69) is 22.2 Å². The Morgan fingerprint density at radius 3 is 2.79 bits per heavy atom. The van der Waals surface area contributed by atoms with E-state index in [1.807, 2.05) is 55.1 Å². The van der Waals surface area contributed by atoms with Crippen LogP contribution in [0.2, 0.25) is 0 Å². The Morgan fingerprint density at radius 1 is 1.34 bits per heavy atom. The highest BCUT2D eigenvalue weighted by Crippen LogP contribution is 2.49. The van der Waals surface area contributed by atoms with Crippen LogP contribution in [0.15, 0.2) is 30.5 Å². The molecule has 2 amide bonds. The lowest BCUT2D eigenvalue weighted by atomic mass is 9.73. The molecule has 2 aromatic rings. The molecule has 152 valence electrons. The molecule has 1 fully saturated rings. The smallest absolute Gasteiger partial charge is 0.257 e. The zero-order valence-corrected chi connectivity index (χ0v) is 17.4. The van der Waals surface area contributed by atoms with Gasteiger partial charge in [-0.25, -0.2) is 9.97 Å². The first-order valence-electron chi connectivity index (χ1n) is 10.1. The van der Waals surface area contributed by atoms with Gasteiger partial charge in [0, 0.05) is 32.5 Å². The first-order chi connectivity index (χ1) is 13.9. The zero-order chi connectivity index (χ0) is 20.8. The number of hydrogen-bond acceptors (Lipinski definition) is 5. The van der Waals surface area contributed by atoms with Gasteiger partial charge in [-0.2, -0.15) is 0 Å². The predicted octanol–water partition coefficient (Wildman–Crippen LogP) is 2.76. The highest BCUT2D eigenvalue weighted by Gasteiger charge is 2.58. The molecule has 1 spiro atoms. The van der Waals surface area contributed by atoms with Gasteiger partial charge in [-0.15, -0.1) is 0 Å². The van der Waals surface area contributed by atoms with Crippen LogP contribution in [0, 0.1) is 6.92 Å². The molecule has 3 heterocycles. The number of rotatable bonds is 4. The van der Waals surface area contributed by atoms with Crippen molar-refractivity contribution in [2.24, 2.45) is 0 Å². The Kier molecular flexibility index (Phi) is 4.76. The van der Waals surface area contributed by atoms with Gasteiger partial charge in [-0.1, -0.05) is 31.5 Å². The molecule has 4 rings (SSSR count). The summed E-state index contributed by atoms with van der Waals surface area (Å²) in [6, 6.07) is 7.67. The molecule has 2 atom stereocenters. The minimum Gasteiger partial charge on any atom is -0.347 e. The minimum atomic E-state index is -0.680. The van der Waals surface area contributed by atoms with E-state index in [-0.39, 0.29) is 17.9 Å². The van der Waals surface area contributed by atoms with Gasteiger partial charge in [0.25, 0.3) is 5.91 Å². The van der Waals surface area contributed by atoms with E-state index in [0.29, 0.717) is 30.2 Å². The number of benzene rings is 1. The van der Waals surface area contributed by atoms with Gasteiger partial charge in [0.2, 0.25) is 11.9 Å². The molecule has 7 nitrogen and oxygen atoms in total. The van der Waals surface area contributed by atoms with Crippen molar-refractivity contribution in [3.05, 3.63) is 47.3 Å². The maximum Gasteiger partial charge on any atom is 0.257 e. The quantitative estimate of drug-likeness (QED) is 0.864. The van der Waals surface area contributed by atoms with Crippen molar-refractivity contribution in [3.63, 3.8) is 0 Å². The number of aryl methyl sites for hydroxylation is 1. The molecule has 2 aliphatic heterocycles. The predicted molar refractivity (Wildman–Crippen MR) is 112 cm³/mol. The molecule has 1 saturated heterocycles. The Labute approximate surface area is 171 Å². The summed E-state index contributed by atoms with van der Waals surface area (Å²) in [6.07, 6.45) is 3.89. The number of fused-ring (bicyclic) bond motifs is 2. The number of carbonyl (C=O) groups is 2. The van der Waals surface area contributed by atoms with E-state index in [9.17, 15) is 9.59 Å². The van der Waals surface area contributed by atoms with Gasteiger partial charge < -0.3 is 15.1 Å². The highest BCUT2D eigenvalue weighted by molar-refractivity contribution is 6.08. The van der Waals surface area contributed by atoms with Crippen LogP contribution in [0.4, 0.5) is 11.6 Å². The van der Waals surface area contributed by atoms with E-state index in [0.717, 1.165) is 24.1 Å². The van der Waals surface area contributed by atoms with Gasteiger partial charge in [-0.3, -0.25) is 9.59 Å². The summed E-state index contributed by atoms with van der Waals surface area (Å²) in [5.74, 6) is 0.481. The molecule has 0 unspecified atom stereocenters. The van der Waals surface area contributed by atoms with Gasteiger partial charge in [0.1, 0.15) is 0 Å². The van der Waals surface area contributed by atoms with Crippen molar-refractivity contribution >= 4 is 23.5 Å². The van der Waals surface area contributed by atoms with Crippen molar-refractivity contribution in [2.45, 2.75) is 44.6 Å². The second kappa shape index (κ2) is 7.13. The number of anilines is 2. The standard InChI is InChI=1S/C22H27N5O2/c1-5-8-18-22(16-9-6-7-10-17(16)25-20(22)29)11-12-27(18)19(28)15-13-23-21(26(3)4)24-14(15)2/h6-7,9-10,13,18H,5,8,11-12H2,1-4H3,(H,25,29)/t18-,22-/m0/s1. The lowest BCUT2D eigenvalue weighted by molar-refractivity contribution is -0.121. The fourth-order valence-corrected chi connectivity index (χ4v) is 4.76. The number of aromatic nitrogens is 2. The third kappa shape index (κ3) is 2.87. The molecule has 1 aromatic heterocycles. The van der Waals surface area contributed by atoms with Crippen molar-refractivity contribution in [2.75, 3.05) is 30.9 Å². The Hall–Kier alpha value is -2.96. The molecular formula is C22H27N5O2. The maximum absolute atomic E-state index is 13.5. The van der Waals surface area contributed by atoms with Crippen LogP contribution in [0.1, 0.15) is 47.8 Å². The summed E-state index contributed by atoms with van der Waals surface area (Å²) in [6.45, 7) is 4.47. The summed E-state index contributed by atoms with van der Waals surface area (Å²) < 4.78 is 0. The van der Waals surface area contributed by atoms with E-state index < -0.39 is 5.41 Å². The topological polar surface area (TPSA) is 78.4 Å². The number of para-hydroxylation sites is 1. The molecular weight excluding hydrogens is 366 g/mol. The summed E-state index contributed by atoms with van der Waals surface area (Å²) in [5.41, 5.74) is 2.35. The number of hydrogen-bond donors (Lipinski definition) is 1. The Bertz CT molecular complexity index is 973. The third-order valence-corrected chi connectivity index (χ3v) is 6.17. The molecule has 1 N–H and O–H groups in total. The lowest BCUT2D eigenvalue weighted by Gasteiger charge is -2.34. The van der Waals surface area contributed by atoms with E-state index in [1.54, 1.807) is 6.20 Å². The number of nitrogens with zero attached hydrogens (tertiary/aromatic N) is 4. The van der Waals surface area contributed by atoms with E-state index in [1.165, 1.54) is 0 Å². The van der Waals surface area contributed by atoms with Crippen LogP contribution in [-0.2, 0) is 10.2 Å². The fourth-order valence-electron chi connectivity index (χ4n) is 4.76. The zero-order valence-electron chi connectivity index (χ0n) is 17.4. The summed E-state index contributed by atoms with van der Waals surface area (Å²) >= 11 is 0. The second-order valence-corrected chi connectivity index (χ2v) is 8.09. The van der Waals surface area contributed by atoms with Crippen LogP contribution in [0.5, 0.6) is 0 Å². The minimum absolute atomic E-state index is 0.00313. The molecule has 0 saturated carbocycles. The third-order valence-electron chi connectivity index (χ3n) is 6.17. The lowest BCUT2D eigenvalue weighted by Crippen LogP contribution is -2.48. The number of likely N-dealkylation sites (tertiary alicyclic amines) is 1. The number of amides is 2. The maximum atomic E-state index is 13.5. The van der Waals surface area contributed by atoms with Crippen molar-refractivity contribution in [1.29, 1.82) is 0 Å². The molecule has 2 aliphatic rings. The molecule has 7 heteroatoms. The Balaban J connectivity index is 1.73. The van der Waals surface area contributed by atoms with Crippen LogP contribution < -0.4 is 10.2 Å². The van der Waals surface area contributed by atoms with E-state index >= 15 is 0 Å². The van der Waals surface area contributed by atoms with Gasteiger partial charge >= 0.3 is 0 Å². The number of nitrogens with one attached hydrogen (secondary N) is 1. The first-order valence-corrected chi connectivity index (χ1v) is 10.1. The largest absolute Gasteiger partial charge is 0.347 e. The van der Waals surface area contributed by atoms with Crippen molar-refractivity contribution in [1.82, 2.24) is 14.9 Å².